The summed E-state index contributed by atoms with van der Waals surface area (Å²) >= 11 is 2.20. The minimum Gasteiger partial charge on any atom is -0.326 e. The molecular formula is C24H26IN3O3S. The Kier molecular flexibility index (Phi) is 8.25. The van der Waals surface area contributed by atoms with Gasteiger partial charge in [0.25, 0.3) is 0 Å². The van der Waals surface area contributed by atoms with Gasteiger partial charge in [0.05, 0.1) is 11.9 Å². The molecule has 1 aromatic heterocycles. The van der Waals surface area contributed by atoms with E-state index in [1.54, 1.807) is 12.4 Å². The number of anilines is 2. The van der Waals surface area contributed by atoms with Gasteiger partial charge in [-0.15, -0.1) is 0 Å². The molecule has 2 aromatic carbocycles. The Hall–Kier alpha value is -2.46. The molecule has 0 aliphatic heterocycles. The zero-order valence-corrected chi connectivity index (χ0v) is 21.1. The molecule has 6 nitrogen and oxygen atoms in total. The monoisotopic (exact) mass is 563 g/mol. The second kappa shape index (κ2) is 10.9. The van der Waals surface area contributed by atoms with Gasteiger partial charge in [-0.1, -0.05) is 12.1 Å². The van der Waals surface area contributed by atoms with Crippen LogP contribution < -0.4 is 9.62 Å². The van der Waals surface area contributed by atoms with E-state index in [4.69, 9.17) is 0 Å². The molecule has 1 amide bonds. The molecule has 3 rings (SSSR count). The molecule has 0 aliphatic rings. The zero-order valence-electron chi connectivity index (χ0n) is 18.1. The molecule has 1 heterocycles. The smallest absolute Gasteiger partial charge is 0.232 e. The number of hydrogen-bond acceptors (Lipinski definition) is 4. The third kappa shape index (κ3) is 7.03. The first-order valence-corrected chi connectivity index (χ1v) is 13.2. The second-order valence-corrected chi connectivity index (χ2v) is 10.8. The summed E-state index contributed by atoms with van der Waals surface area (Å²) in [4.78, 5) is 16.4. The quantitative estimate of drug-likeness (QED) is 0.381. The average molecular weight is 563 g/mol. The zero-order chi connectivity index (χ0) is 23.1. The standard InChI is InChI=1S/C24H26IN3O3S/c1-18-16-21(25)7-10-23(18)28(32(2,30)31)15-3-4-24(29)27-22-8-5-19(6-9-22)17-20-11-13-26-14-12-20/h5-14,16H,3-4,15,17H2,1-2H3,(H,27,29). The Labute approximate surface area is 203 Å². The van der Waals surface area contributed by atoms with E-state index < -0.39 is 10.0 Å². The number of carbonyl (C=O) groups excluding carboxylic acids is 1. The highest BCUT2D eigenvalue weighted by atomic mass is 127. The van der Waals surface area contributed by atoms with Crippen LogP contribution in [0.15, 0.2) is 67.0 Å². The van der Waals surface area contributed by atoms with E-state index in [0.29, 0.717) is 12.1 Å². The fourth-order valence-corrected chi connectivity index (χ4v) is 5.08. The molecule has 0 radical (unpaired) electrons. The molecule has 3 aromatic rings. The summed E-state index contributed by atoms with van der Waals surface area (Å²) in [6.07, 6.45) is 6.19. The highest BCUT2D eigenvalue weighted by molar-refractivity contribution is 14.1. The fraction of sp³-hybridized carbons (Fsp3) is 0.250. The highest BCUT2D eigenvalue weighted by Crippen LogP contribution is 2.25. The van der Waals surface area contributed by atoms with Gasteiger partial charge >= 0.3 is 0 Å². The number of aryl methyl sites for hydroxylation is 1. The van der Waals surface area contributed by atoms with Crippen molar-refractivity contribution in [2.45, 2.75) is 26.2 Å². The molecule has 1 N–H and O–H groups in total. The van der Waals surface area contributed by atoms with Crippen molar-refractivity contribution in [3.05, 3.63) is 87.3 Å². The molecule has 0 saturated carbocycles. The van der Waals surface area contributed by atoms with E-state index in [0.717, 1.165) is 26.8 Å². The third-order valence-electron chi connectivity index (χ3n) is 4.99. The third-order valence-corrected chi connectivity index (χ3v) is 6.84. The van der Waals surface area contributed by atoms with E-state index in [1.807, 2.05) is 61.5 Å². The van der Waals surface area contributed by atoms with Gasteiger partial charge in [0.1, 0.15) is 0 Å². The summed E-state index contributed by atoms with van der Waals surface area (Å²) in [6, 6.07) is 17.3. The van der Waals surface area contributed by atoms with E-state index in [1.165, 1.54) is 16.1 Å². The van der Waals surface area contributed by atoms with Gasteiger partial charge < -0.3 is 5.32 Å². The van der Waals surface area contributed by atoms with Crippen LogP contribution >= 0.6 is 22.6 Å². The average Bonchev–Trinajstić information content (AvgIpc) is 2.73. The fourth-order valence-electron chi connectivity index (χ4n) is 3.41. The maximum absolute atomic E-state index is 12.4. The molecule has 8 heteroatoms. The van der Waals surface area contributed by atoms with E-state index in [2.05, 4.69) is 32.9 Å². The topological polar surface area (TPSA) is 79.4 Å². The minimum atomic E-state index is -3.45. The van der Waals surface area contributed by atoms with Crippen molar-refractivity contribution in [2.75, 3.05) is 22.4 Å². The van der Waals surface area contributed by atoms with Crippen LogP contribution in [0, 0.1) is 10.5 Å². The summed E-state index contributed by atoms with van der Waals surface area (Å²) in [7, 11) is -3.45. The molecule has 0 fully saturated rings. The summed E-state index contributed by atoms with van der Waals surface area (Å²) in [5.41, 5.74) is 4.58. The lowest BCUT2D eigenvalue weighted by molar-refractivity contribution is -0.116. The van der Waals surface area contributed by atoms with Gasteiger partial charge in [-0.3, -0.25) is 14.1 Å². The molecule has 0 bridgehead atoms. The summed E-state index contributed by atoms with van der Waals surface area (Å²) in [5.74, 6) is -0.139. The highest BCUT2D eigenvalue weighted by Gasteiger charge is 2.19. The Morgan fingerprint density at radius 1 is 1.03 bits per heavy atom. The van der Waals surface area contributed by atoms with Crippen molar-refractivity contribution in [1.29, 1.82) is 0 Å². The normalized spacial score (nSPS) is 11.2. The van der Waals surface area contributed by atoms with E-state index in [-0.39, 0.29) is 18.9 Å². The number of rotatable bonds is 9. The first kappa shape index (κ1) is 24.2. The van der Waals surface area contributed by atoms with Gasteiger partial charge in [0.2, 0.25) is 15.9 Å². The van der Waals surface area contributed by atoms with Crippen LogP contribution in [-0.4, -0.2) is 32.1 Å². The van der Waals surface area contributed by atoms with Crippen LogP contribution in [0.4, 0.5) is 11.4 Å². The molecule has 0 saturated heterocycles. The molecule has 0 atom stereocenters. The molecule has 0 aliphatic carbocycles. The maximum Gasteiger partial charge on any atom is 0.232 e. The molecule has 0 spiro atoms. The number of nitrogens with one attached hydrogen (secondary N) is 1. The summed E-state index contributed by atoms with van der Waals surface area (Å²) in [6.45, 7) is 2.14. The lowest BCUT2D eigenvalue weighted by Gasteiger charge is -2.24. The molecule has 0 unspecified atom stereocenters. The molecular weight excluding hydrogens is 537 g/mol. The number of nitrogens with zero attached hydrogens (tertiary/aromatic N) is 2. The lowest BCUT2D eigenvalue weighted by Crippen LogP contribution is -2.32. The van der Waals surface area contributed by atoms with Crippen LogP contribution in [0.3, 0.4) is 0 Å². The van der Waals surface area contributed by atoms with Crippen LogP contribution in [0.5, 0.6) is 0 Å². The Bertz CT molecular complexity index is 1170. The molecule has 168 valence electrons. The van der Waals surface area contributed by atoms with Crippen molar-refractivity contribution >= 4 is 49.9 Å². The van der Waals surface area contributed by atoms with Gasteiger partial charge in [-0.25, -0.2) is 8.42 Å². The number of carbonyl (C=O) groups is 1. The van der Waals surface area contributed by atoms with Crippen LogP contribution in [0.1, 0.15) is 29.5 Å². The van der Waals surface area contributed by atoms with Crippen molar-refractivity contribution in [2.24, 2.45) is 0 Å². The van der Waals surface area contributed by atoms with E-state index in [9.17, 15) is 13.2 Å². The van der Waals surface area contributed by atoms with Crippen LogP contribution in [-0.2, 0) is 21.2 Å². The van der Waals surface area contributed by atoms with Gasteiger partial charge in [-0.2, -0.15) is 0 Å². The van der Waals surface area contributed by atoms with Crippen molar-refractivity contribution in [3.63, 3.8) is 0 Å². The largest absolute Gasteiger partial charge is 0.326 e. The van der Waals surface area contributed by atoms with Crippen molar-refractivity contribution < 1.29 is 13.2 Å². The summed E-state index contributed by atoms with van der Waals surface area (Å²) < 4.78 is 27.1. The van der Waals surface area contributed by atoms with Crippen molar-refractivity contribution in [1.82, 2.24) is 4.98 Å². The first-order chi connectivity index (χ1) is 15.2. The number of amides is 1. The number of pyridine rings is 1. The van der Waals surface area contributed by atoms with Crippen LogP contribution in [0.25, 0.3) is 0 Å². The predicted molar refractivity (Wildman–Crippen MR) is 137 cm³/mol. The van der Waals surface area contributed by atoms with E-state index >= 15 is 0 Å². The number of benzene rings is 2. The Morgan fingerprint density at radius 2 is 1.69 bits per heavy atom. The Morgan fingerprint density at radius 3 is 2.31 bits per heavy atom. The van der Waals surface area contributed by atoms with Gasteiger partial charge in [0.15, 0.2) is 0 Å². The van der Waals surface area contributed by atoms with Gasteiger partial charge in [0, 0.05) is 34.6 Å². The maximum atomic E-state index is 12.4. The van der Waals surface area contributed by atoms with Crippen molar-refractivity contribution in [3.8, 4) is 0 Å². The predicted octanol–water partition coefficient (Wildman–Crippen LogP) is 4.77. The summed E-state index contributed by atoms with van der Waals surface area (Å²) in [5, 5.41) is 2.89. The number of aromatic nitrogens is 1. The second-order valence-electron chi connectivity index (χ2n) is 7.65. The van der Waals surface area contributed by atoms with Gasteiger partial charge in [-0.05, 0) is 102 Å². The number of sulfonamides is 1. The Balaban J connectivity index is 1.54. The SMILES string of the molecule is Cc1cc(I)ccc1N(CCCC(=O)Nc1ccc(Cc2ccncc2)cc1)S(C)(=O)=O. The van der Waals surface area contributed by atoms with Crippen LogP contribution in [0.2, 0.25) is 0 Å². The number of hydrogen-bond donors (Lipinski definition) is 1. The first-order valence-electron chi connectivity index (χ1n) is 10.2. The number of halogens is 1. The lowest BCUT2D eigenvalue weighted by atomic mass is 10.1. The molecule has 32 heavy (non-hydrogen) atoms. The minimum absolute atomic E-state index is 0.139.